The Morgan fingerprint density at radius 1 is 0.591 bits per heavy atom. The zero-order valence-corrected chi connectivity index (χ0v) is 53.7. The van der Waals surface area contributed by atoms with E-state index in [1.165, 1.54) is 41.0 Å². The van der Waals surface area contributed by atoms with Crippen molar-refractivity contribution in [3.63, 3.8) is 0 Å². The fraction of sp³-hybridized carbons (Fsp3) is 0.231. The van der Waals surface area contributed by atoms with Gasteiger partial charge in [0.25, 0.3) is 5.91 Å². The van der Waals surface area contributed by atoms with E-state index in [0.717, 1.165) is 74.7 Å². The summed E-state index contributed by atoms with van der Waals surface area (Å²) in [6, 6.07) is 28.7. The fourth-order valence-electron chi connectivity index (χ4n) is 8.04. The minimum Gasteiger partial charge on any atom is -0.850 e. The summed E-state index contributed by atoms with van der Waals surface area (Å²) >= 11 is 0. The normalized spacial score (nSPS) is 10.9. The van der Waals surface area contributed by atoms with Gasteiger partial charge in [-0.2, -0.15) is 26.3 Å². The van der Waals surface area contributed by atoms with Crippen LogP contribution in [0.15, 0.2) is 171 Å². The number of hydrogen-bond donors (Lipinski definition) is 2. The first kappa shape index (κ1) is 70.4. The third-order valence-corrected chi connectivity index (χ3v) is 12.2. The van der Waals surface area contributed by atoms with Crippen LogP contribution in [-0.4, -0.2) is 73.6 Å². The van der Waals surface area contributed by atoms with E-state index in [0.29, 0.717) is 47.0 Å². The van der Waals surface area contributed by atoms with Crippen molar-refractivity contribution in [1.82, 2.24) is 49.0 Å². The number of halogens is 6. The van der Waals surface area contributed by atoms with Crippen molar-refractivity contribution in [3.8, 4) is 33.9 Å². The number of aromatic nitrogens is 10. The molecule has 0 aliphatic heterocycles. The number of anilines is 2. The quantitative estimate of drug-likeness (QED) is 0.0534. The van der Waals surface area contributed by atoms with Crippen LogP contribution in [0.2, 0.25) is 0 Å². The Hall–Kier alpha value is -8.32. The molecule has 3 N–H and O–H groups in total. The largest absolute Gasteiger partial charge is 1.00 e. The molecule has 16 nitrogen and oxygen atoms in total. The second-order valence-corrected chi connectivity index (χ2v) is 20.3. The number of carbonyl (C=O) groups excluding carboxylic acids is 2. The summed E-state index contributed by atoms with van der Waals surface area (Å²) in [6.07, 6.45) is 8.35. The van der Waals surface area contributed by atoms with Crippen LogP contribution < -0.4 is 67.5 Å². The fourth-order valence-corrected chi connectivity index (χ4v) is 8.04. The molecule has 0 aliphatic rings. The Morgan fingerprint density at radius 3 is 1.45 bits per heavy atom. The van der Waals surface area contributed by atoms with Crippen molar-refractivity contribution < 1.29 is 97.2 Å². The number of pyridine rings is 2. The monoisotopic (exact) mass is 1230 g/mol. The number of nitrogens with zero attached hydrogens (tertiary/aromatic N) is 10. The first-order valence-electron chi connectivity index (χ1n) is 27.1. The van der Waals surface area contributed by atoms with Gasteiger partial charge in [0.2, 0.25) is 0 Å². The number of benzene rings is 4. The van der Waals surface area contributed by atoms with Crippen LogP contribution in [0.1, 0.15) is 112 Å². The average Bonchev–Trinajstić information content (AvgIpc) is 4.21. The van der Waals surface area contributed by atoms with Crippen molar-refractivity contribution in [1.29, 1.82) is 0 Å². The molecular formula is C65H65F6KN12O4. The first-order valence-corrected chi connectivity index (χ1v) is 27.1. The van der Waals surface area contributed by atoms with Crippen molar-refractivity contribution in [2.75, 3.05) is 18.2 Å². The number of alkyl halides is 6. The minimum absolute atomic E-state index is 0. The molecule has 0 saturated heterocycles. The number of methoxy groups -OCH3 is 1. The molecule has 452 valence electrons. The van der Waals surface area contributed by atoms with Crippen LogP contribution in [0.25, 0.3) is 33.9 Å². The van der Waals surface area contributed by atoms with Gasteiger partial charge < -0.3 is 30.0 Å². The number of carbonyl (C=O) groups is 2. The molecule has 0 aliphatic carbocycles. The van der Waals surface area contributed by atoms with Crippen molar-refractivity contribution in [2.45, 2.75) is 93.1 Å². The third-order valence-electron chi connectivity index (χ3n) is 12.2. The van der Waals surface area contributed by atoms with Gasteiger partial charge in [0.05, 0.1) is 59.2 Å². The van der Waals surface area contributed by atoms with E-state index in [4.69, 9.17) is 10.5 Å². The molecule has 0 spiro atoms. The number of nitrogens with one attached hydrogen (secondary N) is 1. The Kier molecular flexibility index (Phi) is 25.7. The van der Waals surface area contributed by atoms with Gasteiger partial charge in [0.15, 0.2) is 0 Å². The predicted octanol–water partition coefficient (Wildman–Crippen LogP) is 10.4. The van der Waals surface area contributed by atoms with Crippen LogP contribution in [0.3, 0.4) is 0 Å². The summed E-state index contributed by atoms with van der Waals surface area (Å²) in [5.41, 5.74) is 13.1. The summed E-state index contributed by atoms with van der Waals surface area (Å²) < 4.78 is 86.4. The molecule has 6 aromatic heterocycles. The van der Waals surface area contributed by atoms with Gasteiger partial charge in [-0.1, -0.05) is 46.8 Å². The molecule has 6 heterocycles. The number of aryl methyl sites for hydroxylation is 4. The molecule has 0 bridgehead atoms. The van der Waals surface area contributed by atoms with E-state index in [2.05, 4.69) is 45.2 Å². The van der Waals surface area contributed by atoms with Gasteiger partial charge in [-0.3, -0.25) is 14.8 Å². The second kappa shape index (κ2) is 32.1. The number of nitrogens with two attached hydrogens (primary N) is 1. The number of esters is 1. The maximum absolute atomic E-state index is 13.6. The molecule has 1 amide bonds. The van der Waals surface area contributed by atoms with Crippen LogP contribution >= 0.6 is 0 Å². The molecular weight excluding hydrogens is 1170 g/mol. The van der Waals surface area contributed by atoms with Crippen LogP contribution in [0, 0.1) is 27.7 Å². The molecule has 10 rings (SSSR count). The molecule has 0 fully saturated rings. The molecule has 0 unspecified atom stereocenters. The summed E-state index contributed by atoms with van der Waals surface area (Å²) in [4.78, 5) is 59.1. The van der Waals surface area contributed by atoms with Gasteiger partial charge in [-0.25, -0.2) is 34.7 Å². The Bertz CT molecular complexity index is 3900. The Balaban J connectivity index is 0.000000245. The summed E-state index contributed by atoms with van der Waals surface area (Å²) in [5.74, 6) is 0.381. The van der Waals surface area contributed by atoms with Gasteiger partial charge in [-0.15, -0.1) is 5.60 Å². The maximum atomic E-state index is 13.6. The number of imidazole rings is 2. The smallest absolute Gasteiger partial charge is 0.850 e. The van der Waals surface area contributed by atoms with Crippen LogP contribution in [0.5, 0.6) is 0 Å². The number of nitrogen functional groups attached to an aromatic ring is 1. The number of rotatable bonds is 11. The van der Waals surface area contributed by atoms with E-state index in [9.17, 15) is 41.0 Å². The summed E-state index contributed by atoms with van der Waals surface area (Å²) in [6.45, 7) is 16.3. The van der Waals surface area contributed by atoms with Gasteiger partial charge in [0.1, 0.15) is 11.6 Å². The van der Waals surface area contributed by atoms with E-state index in [1.54, 1.807) is 115 Å². The zero-order chi connectivity index (χ0) is 63.6. The Morgan fingerprint density at radius 2 is 1.03 bits per heavy atom. The van der Waals surface area contributed by atoms with Gasteiger partial charge in [0, 0.05) is 102 Å². The maximum Gasteiger partial charge on any atom is 1.00 e. The molecule has 23 heteroatoms. The molecule has 88 heavy (non-hydrogen) atoms. The molecule has 4 aromatic carbocycles. The van der Waals surface area contributed by atoms with Crippen molar-refractivity contribution in [2.24, 2.45) is 0 Å². The molecule has 0 saturated carbocycles. The van der Waals surface area contributed by atoms with E-state index in [1.807, 2.05) is 70.2 Å². The number of hydrogen-bond acceptors (Lipinski definition) is 13. The minimum atomic E-state index is -4.59. The standard InChI is InChI=1S/C29H23F3N6O.C19H17N3O2.C11H10F3N3.C4H9O.C2H6.K/c1-18-5-6-20(10-22(18)11-27-34-9-7-26(37-27)21-4-3-8-33-15-21)28(39)36-24-12-23(29(30,31)32)13-25(14-24)38-16-19(2)35-17-38;1-13-5-6-14(19(23)24-2)10-16(13)11-18-21-9-7-17(22-18)15-4-3-8-20-12-15;1-7-5-17(6-16-7)10-3-8(11(12,13)14)2-9(15)4-10;1-4(2,3)5;1-2;/h3-10,12-17H,11H2,1-2H3,(H,36,39);3-10,12H,11H2,1-2H3;2-6H,15H2,1H3;1-3H3;1-2H3;/q;;;-1;;+1. The third kappa shape index (κ3) is 21.5. The average molecular weight is 1230 g/mol. The number of amides is 1. The molecule has 0 radical (unpaired) electrons. The Labute approximate surface area is 549 Å². The molecule has 0 atom stereocenters. The SMILES string of the molecule is CC.CC(C)(C)[O-].COC(=O)c1ccc(C)c(Cc2nccc(-c3cccnc3)n2)c1.Cc1cn(-c2cc(N)cc(C(F)(F)F)c2)cn1.Cc1cn(-c2cc(NC(=O)c3ccc(C)c(Cc4nccc(-c5cccnc5)n4)c3)cc(C(F)(F)F)c2)cn1.[K+]. The summed E-state index contributed by atoms with van der Waals surface area (Å²) in [7, 11) is 1.38. The van der Waals surface area contributed by atoms with E-state index < -0.39 is 35.0 Å². The van der Waals surface area contributed by atoms with Gasteiger partial charge >= 0.3 is 69.7 Å². The summed E-state index contributed by atoms with van der Waals surface area (Å²) in [5, 5.41) is 12.7. The molecule has 10 aromatic rings. The topological polar surface area (TPSA) is 217 Å². The first-order chi connectivity index (χ1) is 41.2. The predicted molar refractivity (Wildman–Crippen MR) is 320 cm³/mol. The van der Waals surface area contributed by atoms with Crippen LogP contribution in [0.4, 0.5) is 37.7 Å². The van der Waals surface area contributed by atoms with Crippen molar-refractivity contribution in [3.05, 3.63) is 239 Å². The second-order valence-electron chi connectivity index (χ2n) is 20.3. The van der Waals surface area contributed by atoms with Gasteiger partial charge in [-0.05, 0) is 147 Å². The van der Waals surface area contributed by atoms with E-state index >= 15 is 0 Å². The zero-order valence-electron chi connectivity index (χ0n) is 50.5. The van der Waals surface area contributed by atoms with Crippen LogP contribution in [-0.2, 0) is 29.9 Å². The van der Waals surface area contributed by atoms with Crippen molar-refractivity contribution >= 4 is 23.3 Å². The number of ether oxygens (including phenoxy) is 1. The van der Waals surface area contributed by atoms with E-state index in [-0.39, 0.29) is 74.4 Å².